The summed E-state index contributed by atoms with van der Waals surface area (Å²) in [5.41, 5.74) is -0.901. The number of imide groups is 1. The van der Waals surface area contributed by atoms with E-state index in [1.165, 1.54) is 4.90 Å². The molecular weight excluding hydrogens is 470 g/mol. The quantitative estimate of drug-likeness (QED) is 0.423. The second-order valence-corrected chi connectivity index (χ2v) is 10.0. The van der Waals surface area contributed by atoms with Crippen LogP contribution in [0.3, 0.4) is 0 Å². The third-order valence-electron chi connectivity index (χ3n) is 8.11. The SMILES string of the molecule is [C-]#[N+]c1ccc(N2C(=O)[C@@H]3[C@H](C2=O)C2(C)OC3(CCOc3cccc(C#N)c3)CC2O)c2ccccc12. The molecule has 3 fully saturated rings. The largest absolute Gasteiger partial charge is 0.493 e. The molecular formula is C29H23N3O5. The maximum Gasteiger partial charge on any atom is 0.240 e. The Morgan fingerprint density at radius 1 is 1.14 bits per heavy atom. The molecule has 3 aromatic carbocycles. The van der Waals surface area contributed by atoms with E-state index in [1.54, 1.807) is 55.5 Å². The number of hydrogen-bond acceptors (Lipinski definition) is 6. The number of amides is 2. The monoisotopic (exact) mass is 493 g/mol. The third-order valence-corrected chi connectivity index (χ3v) is 8.11. The smallest absolute Gasteiger partial charge is 0.240 e. The fraction of sp³-hybridized carbons (Fsp3) is 0.310. The van der Waals surface area contributed by atoms with Gasteiger partial charge in [-0.3, -0.25) is 9.59 Å². The predicted molar refractivity (Wildman–Crippen MR) is 134 cm³/mol. The van der Waals surface area contributed by atoms with E-state index < -0.39 is 35.0 Å². The van der Waals surface area contributed by atoms with Crippen molar-refractivity contribution >= 4 is 34.0 Å². The van der Waals surface area contributed by atoms with Gasteiger partial charge in [0.05, 0.1) is 54.0 Å². The normalized spacial score (nSPS) is 29.8. The Kier molecular flexibility index (Phi) is 5.10. The highest BCUT2D eigenvalue weighted by atomic mass is 16.6. The van der Waals surface area contributed by atoms with E-state index in [1.807, 2.05) is 12.1 Å². The Balaban J connectivity index is 1.35. The number of rotatable bonds is 5. The van der Waals surface area contributed by atoms with E-state index in [4.69, 9.17) is 21.3 Å². The highest BCUT2D eigenvalue weighted by Gasteiger charge is 2.77. The second kappa shape index (κ2) is 8.14. The number of aliphatic hydroxyl groups excluding tert-OH is 1. The molecule has 3 aliphatic heterocycles. The van der Waals surface area contributed by atoms with Gasteiger partial charge in [0.1, 0.15) is 11.4 Å². The number of nitrogens with zero attached hydrogens (tertiary/aromatic N) is 3. The molecule has 3 aromatic rings. The molecule has 1 N–H and O–H groups in total. The fourth-order valence-corrected chi connectivity index (χ4v) is 6.42. The zero-order valence-electron chi connectivity index (χ0n) is 20.0. The Morgan fingerprint density at radius 2 is 1.89 bits per heavy atom. The van der Waals surface area contributed by atoms with Gasteiger partial charge in [-0.15, -0.1) is 0 Å². The van der Waals surface area contributed by atoms with Crippen LogP contribution in [-0.2, 0) is 14.3 Å². The van der Waals surface area contributed by atoms with Gasteiger partial charge in [0.15, 0.2) is 5.69 Å². The lowest BCUT2D eigenvalue weighted by Crippen LogP contribution is -2.49. The van der Waals surface area contributed by atoms with Crippen LogP contribution in [0.4, 0.5) is 11.4 Å². The zero-order chi connectivity index (χ0) is 25.9. The van der Waals surface area contributed by atoms with Gasteiger partial charge in [0, 0.05) is 12.8 Å². The number of carbonyl (C=O) groups excluding carboxylic acids is 2. The van der Waals surface area contributed by atoms with Crippen LogP contribution in [0.1, 0.15) is 25.3 Å². The summed E-state index contributed by atoms with van der Waals surface area (Å²) in [5.74, 6) is -1.83. The summed E-state index contributed by atoms with van der Waals surface area (Å²) in [6, 6.07) is 19.4. The topological polar surface area (TPSA) is 104 Å². The van der Waals surface area contributed by atoms with Crippen LogP contribution < -0.4 is 9.64 Å². The fourth-order valence-electron chi connectivity index (χ4n) is 6.42. The van der Waals surface area contributed by atoms with Gasteiger partial charge < -0.3 is 14.6 Å². The van der Waals surface area contributed by atoms with Crippen molar-refractivity contribution in [3.63, 3.8) is 0 Å². The Bertz CT molecular complexity index is 1560. The molecule has 184 valence electrons. The molecule has 2 amide bonds. The number of hydrogen-bond donors (Lipinski definition) is 1. The van der Waals surface area contributed by atoms with E-state index in [0.717, 1.165) is 0 Å². The minimum Gasteiger partial charge on any atom is -0.493 e. The molecule has 6 rings (SSSR count). The Labute approximate surface area is 213 Å². The van der Waals surface area contributed by atoms with E-state index in [-0.39, 0.29) is 18.9 Å². The molecule has 0 aromatic heterocycles. The average molecular weight is 494 g/mol. The molecule has 3 unspecified atom stereocenters. The first-order chi connectivity index (χ1) is 17.8. The van der Waals surface area contributed by atoms with Gasteiger partial charge in [-0.1, -0.05) is 36.4 Å². The lowest BCUT2D eigenvalue weighted by molar-refractivity contribution is -0.134. The van der Waals surface area contributed by atoms with Crippen LogP contribution >= 0.6 is 0 Å². The number of carbonyl (C=O) groups is 2. The predicted octanol–water partition coefficient (Wildman–Crippen LogP) is 4.13. The lowest BCUT2D eigenvalue weighted by atomic mass is 9.66. The van der Waals surface area contributed by atoms with Crippen LogP contribution in [0.15, 0.2) is 60.7 Å². The summed E-state index contributed by atoms with van der Waals surface area (Å²) in [4.78, 5) is 32.6. The van der Waals surface area contributed by atoms with Gasteiger partial charge >= 0.3 is 0 Å². The molecule has 3 heterocycles. The first-order valence-electron chi connectivity index (χ1n) is 12.1. The standard InChI is InChI=1S/C29H23N3O5/c1-28-23(33)15-29(37-28,12-13-36-18-7-5-6-17(14-18)16-30)25-24(28)26(34)32(27(25)35)22-11-10-21(31-2)19-8-3-4-9-20(19)22/h3-11,14,23-25,33H,12-13,15H2,1H3/t23?,24-,25+,28?,29?/m1/s1. The summed E-state index contributed by atoms with van der Waals surface area (Å²) in [6.45, 7) is 9.37. The number of anilines is 1. The van der Waals surface area contributed by atoms with Gasteiger partial charge in [-0.25, -0.2) is 9.74 Å². The molecule has 8 heteroatoms. The van der Waals surface area contributed by atoms with Crippen molar-refractivity contribution in [2.75, 3.05) is 11.5 Å². The number of nitriles is 1. The minimum atomic E-state index is -1.20. The summed E-state index contributed by atoms with van der Waals surface area (Å²) in [5, 5.41) is 21.4. The van der Waals surface area contributed by atoms with Gasteiger partial charge in [0.25, 0.3) is 0 Å². The molecule has 0 aliphatic carbocycles. The molecule has 5 atom stereocenters. The summed E-state index contributed by atoms with van der Waals surface area (Å²) >= 11 is 0. The molecule has 0 spiro atoms. The molecule has 8 nitrogen and oxygen atoms in total. The van der Waals surface area contributed by atoms with Crippen molar-refractivity contribution < 1.29 is 24.2 Å². The number of fused-ring (bicyclic) bond motifs is 6. The van der Waals surface area contributed by atoms with Crippen LogP contribution in [-0.4, -0.2) is 40.8 Å². The Morgan fingerprint density at radius 3 is 2.65 bits per heavy atom. The van der Waals surface area contributed by atoms with Crippen molar-refractivity contribution in [1.29, 1.82) is 5.26 Å². The number of benzene rings is 3. The van der Waals surface area contributed by atoms with E-state index in [0.29, 0.717) is 39.9 Å². The Hall–Kier alpha value is -4.24. The van der Waals surface area contributed by atoms with Crippen LogP contribution in [0.25, 0.3) is 15.6 Å². The zero-order valence-corrected chi connectivity index (χ0v) is 20.0. The van der Waals surface area contributed by atoms with E-state index in [2.05, 4.69) is 10.9 Å². The van der Waals surface area contributed by atoms with Crippen molar-refractivity contribution in [2.24, 2.45) is 11.8 Å². The maximum atomic E-state index is 14.0. The van der Waals surface area contributed by atoms with Gasteiger partial charge in [0.2, 0.25) is 11.8 Å². The number of aliphatic hydroxyl groups is 1. The first-order valence-corrected chi connectivity index (χ1v) is 12.1. The second-order valence-electron chi connectivity index (χ2n) is 10.0. The molecule has 2 bridgehead atoms. The number of ether oxygens (including phenoxy) is 2. The third kappa shape index (κ3) is 3.20. The summed E-state index contributed by atoms with van der Waals surface area (Å²) in [7, 11) is 0. The molecule has 3 saturated heterocycles. The molecule has 0 saturated carbocycles. The van der Waals surface area contributed by atoms with Crippen LogP contribution in [0.2, 0.25) is 0 Å². The van der Waals surface area contributed by atoms with Gasteiger partial charge in [-0.05, 0) is 42.0 Å². The first kappa shape index (κ1) is 23.2. The molecule has 37 heavy (non-hydrogen) atoms. The lowest BCUT2D eigenvalue weighted by Gasteiger charge is -2.33. The van der Waals surface area contributed by atoms with E-state index in [9.17, 15) is 14.7 Å². The van der Waals surface area contributed by atoms with E-state index >= 15 is 0 Å². The molecule has 3 aliphatic rings. The van der Waals surface area contributed by atoms with Gasteiger partial charge in [-0.2, -0.15) is 5.26 Å². The minimum absolute atomic E-state index is 0.186. The highest BCUT2D eigenvalue weighted by molar-refractivity contribution is 6.26. The summed E-state index contributed by atoms with van der Waals surface area (Å²) in [6.07, 6.45) is -0.396. The van der Waals surface area contributed by atoms with Crippen LogP contribution in [0.5, 0.6) is 5.75 Å². The average Bonchev–Trinajstić information content (AvgIpc) is 3.44. The van der Waals surface area contributed by atoms with Crippen molar-refractivity contribution in [1.82, 2.24) is 0 Å². The molecule has 0 radical (unpaired) electrons. The van der Waals surface area contributed by atoms with Crippen LogP contribution in [0, 0.1) is 29.7 Å². The van der Waals surface area contributed by atoms with Crippen molar-refractivity contribution in [3.05, 3.63) is 77.6 Å². The highest BCUT2D eigenvalue weighted by Crippen LogP contribution is 2.62. The summed E-state index contributed by atoms with van der Waals surface area (Å²) < 4.78 is 12.2. The maximum absolute atomic E-state index is 14.0. The van der Waals surface area contributed by atoms with Crippen molar-refractivity contribution in [2.45, 2.75) is 37.1 Å². The van der Waals surface area contributed by atoms with Crippen molar-refractivity contribution in [3.8, 4) is 11.8 Å².